The summed E-state index contributed by atoms with van der Waals surface area (Å²) in [5, 5.41) is 3.25. The van der Waals surface area contributed by atoms with E-state index in [4.69, 9.17) is 0 Å². The molecule has 0 bridgehead atoms. The van der Waals surface area contributed by atoms with Crippen LogP contribution in [0.2, 0.25) is 0 Å². The minimum atomic E-state index is -3.66. The van der Waals surface area contributed by atoms with E-state index >= 15 is 0 Å². The van der Waals surface area contributed by atoms with Crippen LogP contribution in [0.5, 0.6) is 0 Å². The summed E-state index contributed by atoms with van der Waals surface area (Å²) in [7, 11) is -3.66. The molecule has 0 saturated heterocycles. The number of hydrogen-bond acceptors (Lipinski definition) is 3. The van der Waals surface area contributed by atoms with Crippen molar-refractivity contribution >= 4 is 21.8 Å². The number of rotatable bonds is 6. The Morgan fingerprint density at radius 3 is 2.04 bits per heavy atom. The highest BCUT2D eigenvalue weighted by Crippen LogP contribution is 2.27. The van der Waals surface area contributed by atoms with Crippen molar-refractivity contribution in [2.45, 2.75) is 18.0 Å². The third-order valence-corrected chi connectivity index (χ3v) is 6.56. The molecule has 0 spiro atoms. The molecule has 142 valence electrons. The minimum Gasteiger partial charge on any atom is -0.381 e. The van der Waals surface area contributed by atoms with Gasteiger partial charge in [0.15, 0.2) is 0 Å². The molecular weight excluding hydrogens is 368 g/mol. The van der Waals surface area contributed by atoms with E-state index in [2.05, 4.69) is 5.32 Å². The Hall–Kier alpha value is -2.89. The van der Waals surface area contributed by atoms with E-state index in [1.807, 2.05) is 78.9 Å². The van der Waals surface area contributed by atoms with Crippen LogP contribution in [-0.4, -0.2) is 19.3 Å². The molecule has 1 aliphatic heterocycles. The van der Waals surface area contributed by atoms with Gasteiger partial charge < -0.3 is 5.32 Å². The summed E-state index contributed by atoms with van der Waals surface area (Å²) in [6.07, 6.45) is 3.95. The Morgan fingerprint density at radius 1 is 0.821 bits per heavy atom. The van der Waals surface area contributed by atoms with Gasteiger partial charge in [0, 0.05) is 25.3 Å². The van der Waals surface area contributed by atoms with E-state index in [0.29, 0.717) is 18.0 Å². The maximum atomic E-state index is 13.5. The van der Waals surface area contributed by atoms with Gasteiger partial charge in [-0.15, -0.1) is 0 Å². The summed E-state index contributed by atoms with van der Waals surface area (Å²) in [4.78, 5) is 0.312. The molecule has 1 aliphatic rings. The summed E-state index contributed by atoms with van der Waals surface area (Å²) in [6.45, 7) is 1.40. The molecule has 0 radical (unpaired) electrons. The second-order valence-corrected chi connectivity index (χ2v) is 8.71. The Morgan fingerprint density at radius 2 is 1.43 bits per heavy atom. The summed E-state index contributed by atoms with van der Waals surface area (Å²) in [5.74, 6) is 0. The molecule has 5 heteroatoms. The first-order chi connectivity index (χ1) is 13.6. The number of anilines is 1. The molecule has 3 aromatic carbocycles. The van der Waals surface area contributed by atoms with Gasteiger partial charge in [-0.25, -0.2) is 8.42 Å². The molecule has 0 unspecified atom stereocenters. The fraction of sp³-hybridized carbons (Fsp3) is 0.130. The van der Waals surface area contributed by atoms with Crippen LogP contribution in [0.1, 0.15) is 16.7 Å². The lowest BCUT2D eigenvalue weighted by Crippen LogP contribution is -2.30. The SMILES string of the molecule is O=S(=O)(c1ccc2c(c1)C=CCN2)N(Cc1ccccc1)Cc1ccccc1. The quantitative estimate of drug-likeness (QED) is 0.673. The molecule has 0 aromatic heterocycles. The van der Waals surface area contributed by atoms with Gasteiger partial charge in [0.25, 0.3) is 0 Å². The van der Waals surface area contributed by atoms with Crippen LogP contribution < -0.4 is 5.32 Å². The van der Waals surface area contributed by atoms with Crippen LogP contribution in [0.3, 0.4) is 0 Å². The average molecular weight is 391 g/mol. The Bertz CT molecular complexity index is 1040. The fourth-order valence-corrected chi connectivity index (χ4v) is 4.76. The average Bonchev–Trinajstić information content (AvgIpc) is 2.74. The largest absolute Gasteiger partial charge is 0.381 e. The molecule has 3 aromatic rings. The Labute approximate surface area is 166 Å². The molecule has 0 saturated carbocycles. The van der Waals surface area contributed by atoms with Crippen LogP contribution in [0, 0.1) is 0 Å². The van der Waals surface area contributed by atoms with Crippen LogP contribution in [0.15, 0.2) is 89.8 Å². The molecule has 4 nitrogen and oxygen atoms in total. The smallest absolute Gasteiger partial charge is 0.243 e. The highest BCUT2D eigenvalue weighted by Gasteiger charge is 2.26. The van der Waals surface area contributed by atoms with Crippen molar-refractivity contribution in [1.82, 2.24) is 4.31 Å². The first-order valence-electron chi connectivity index (χ1n) is 9.25. The molecule has 28 heavy (non-hydrogen) atoms. The van der Waals surface area contributed by atoms with Crippen molar-refractivity contribution in [2.24, 2.45) is 0 Å². The molecule has 0 fully saturated rings. The van der Waals surface area contributed by atoms with E-state index in [1.54, 1.807) is 16.4 Å². The van der Waals surface area contributed by atoms with E-state index in [1.165, 1.54) is 0 Å². The van der Waals surface area contributed by atoms with E-state index in [-0.39, 0.29) is 0 Å². The number of hydrogen-bond donors (Lipinski definition) is 1. The molecule has 1 heterocycles. The summed E-state index contributed by atoms with van der Waals surface area (Å²) < 4.78 is 28.6. The maximum Gasteiger partial charge on any atom is 0.243 e. The van der Waals surface area contributed by atoms with E-state index in [0.717, 1.165) is 28.9 Å². The van der Waals surface area contributed by atoms with Gasteiger partial charge in [0.2, 0.25) is 10.0 Å². The van der Waals surface area contributed by atoms with Crippen molar-refractivity contribution in [2.75, 3.05) is 11.9 Å². The lowest BCUT2D eigenvalue weighted by atomic mass is 10.1. The molecular formula is C23H22N2O2S. The van der Waals surface area contributed by atoms with E-state index < -0.39 is 10.0 Å². The van der Waals surface area contributed by atoms with Crippen LogP contribution in [0.4, 0.5) is 5.69 Å². The standard InChI is InChI=1S/C23H22N2O2S/c26-28(27,22-13-14-23-21(16-22)12-7-15-24-23)25(17-19-8-3-1-4-9-19)18-20-10-5-2-6-11-20/h1-14,16,24H,15,17-18H2. The zero-order valence-corrected chi connectivity index (χ0v) is 16.3. The predicted molar refractivity (Wildman–Crippen MR) is 113 cm³/mol. The van der Waals surface area contributed by atoms with Crippen molar-refractivity contribution in [3.05, 3.63) is 102 Å². The predicted octanol–water partition coefficient (Wildman–Crippen LogP) is 4.52. The Balaban J connectivity index is 1.71. The third kappa shape index (κ3) is 4.01. The highest BCUT2D eigenvalue weighted by atomic mass is 32.2. The van der Waals surface area contributed by atoms with Crippen molar-refractivity contribution < 1.29 is 8.42 Å². The van der Waals surface area contributed by atoms with Gasteiger partial charge in [-0.05, 0) is 34.9 Å². The summed E-state index contributed by atoms with van der Waals surface area (Å²) >= 11 is 0. The first-order valence-corrected chi connectivity index (χ1v) is 10.7. The number of benzene rings is 3. The second kappa shape index (κ2) is 8.00. The number of fused-ring (bicyclic) bond motifs is 1. The first kappa shape index (κ1) is 18.5. The van der Waals surface area contributed by atoms with Gasteiger partial charge in [0.1, 0.15) is 0 Å². The topological polar surface area (TPSA) is 49.4 Å². The number of nitrogens with zero attached hydrogens (tertiary/aromatic N) is 1. The number of sulfonamides is 1. The molecule has 4 rings (SSSR count). The summed E-state index contributed by atoms with van der Waals surface area (Å²) in [6, 6.07) is 24.7. The van der Waals surface area contributed by atoms with E-state index in [9.17, 15) is 8.42 Å². The molecule has 0 amide bonds. The lowest BCUT2D eigenvalue weighted by molar-refractivity contribution is 0.401. The number of nitrogens with one attached hydrogen (secondary N) is 1. The maximum absolute atomic E-state index is 13.5. The molecule has 0 atom stereocenters. The van der Waals surface area contributed by atoms with Gasteiger partial charge in [0.05, 0.1) is 4.90 Å². The third-order valence-electron chi connectivity index (χ3n) is 4.77. The van der Waals surface area contributed by atoms with Gasteiger partial charge in [-0.2, -0.15) is 4.31 Å². The van der Waals surface area contributed by atoms with Crippen molar-refractivity contribution in [3.63, 3.8) is 0 Å². The second-order valence-electron chi connectivity index (χ2n) is 6.78. The monoisotopic (exact) mass is 390 g/mol. The highest BCUT2D eigenvalue weighted by molar-refractivity contribution is 7.89. The van der Waals surface area contributed by atoms with Gasteiger partial charge in [-0.1, -0.05) is 72.8 Å². The van der Waals surface area contributed by atoms with Crippen LogP contribution in [-0.2, 0) is 23.1 Å². The van der Waals surface area contributed by atoms with Gasteiger partial charge in [-0.3, -0.25) is 0 Å². The minimum absolute atomic E-state index is 0.312. The molecule has 1 N–H and O–H groups in total. The van der Waals surface area contributed by atoms with Crippen LogP contribution in [0.25, 0.3) is 6.08 Å². The normalized spacial score (nSPS) is 13.2. The molecule has 0 aliphatic carbocycles. The summed E-state index contributed by atoms with van der Waals surface area (Å²) in [5.41, 5.74) is 3.77. The van der Waals surface area contributed by atoms with Crippen molar-refractivity contribution in [3.8, 4) is 0 Å². The van der Waals surface area contributed by atoms with Gasteiger partial charge >= 0.3 is 0 Å². The zero-order valence-electron chi connectivity index (χ0n) is 15.5. The van der Waals surface area contributed by atoms with Crippen molar-refractivity contribution in [1.29, 1.82) is 0 Å². The Kier molecular flexibility index (Phi) is 5.28. The zero-order chi connectivity index (χ0) is 19.4. The lowest BCUT2D eigenvalue weighted by Gasteiger charge is -2.23. The fourth-order valence-electron chi connectivity index (χ4n) is 3.30. The van der Waals surface area contributed by atoms with Crippen LogP contribution >= 0.6 is 0 Å².